The molecule has 1 heterocycles. The molecule has 0 bridgehead atoms. The first-order valence-electron chi connectivity index (χ1n) is 8.57. The average molecular weight is 380 g/mol. The molecule has 1 saturated heterocycles. The van der Waals surface area contributed by atoms with E-state index in [1.807, 2.05) is 6.92 Å². The molecule has 1 aromatic carbocycles. The van der Waals surface area contributed by atoms with E-state index < -0.39 is 22.1 Å². The van der Waals surface area contributed by atoms with Crippen LogP contribution in [0.2, 0.25) is 0 Å². The number of hydrogen-bond acceptors (Lipinski definition) is 5. The number of benzene rings is 1. The quantitative estimate of drug-likeness (QED) is 0.550. The van der Waals surface area contributed by atoms with E-state index in [-0.39, 0.29) is 37.0 Å². The van der Waals surface area contributed by atoms with Gasteiger partial charge in [0.05, 0.1) is 4.90 Å². The van der Waals surface area contributed by atoms with Gasteiger partial charge in [-0.15, -0.1) is 0 Å². The Balaban J connectivity index is 1.92. The maximum absolute atomic E-state index is 12.6. The lowest BCUT2D eigenvalue weighted by Crippen LogP contribution is -2.52. The fraction of sp³-hybridized carbons (Fsp3) is 0.444. The third-order valence-corrected chi connectivity index (χ3v) is 5.97. The Kier molecular flexibility index (Phi) is 6.93. The summed E-state index contributed by atoms with van der Waals surface area (Å²) in [4.78, 5) is 25.7. The summed E-state index contributed by atoms with van der Waals surface area (Å²) in [5.74, 6) is -0.877. The van der Waals surface area contributed by atoms with E-state index in [1.165, 1.54) is 22.2 Å². The number of nitrogens with zero attached hydrogens (tertiary/aromatic N) is 2. The zero-order valence-corrected chi connectivity index (χ0v) is 15.8. The summed E-state index contributed by atoms with van der Waals surface area (Å²) in [6.45, 7) is 4.35. The fourth-order valence-corrected chi connectivity index (χ4v) is 4.07. The van der Waals surface area contributed by atoms with Crippen LogP contribution in [0.1, 0.15) is 20.3 Å². The molecule has 1 amide bonds. The number of allylic oxidation sites excluding steroid dienone is 1. The Labute approximate surface area is 154 Å². The van der Waals surface area contributed by atoms with Gasteiger partial charge in [0.2, 0.25) is 10.0 Å². The predicted octanol–water partition coefficient (Wildman–Crippen LogP) is 1.42. The zero-order chi connectivity index (χ0) is 19.2. The van der Waals surface area contributed by atoms with Crippen molar-refractivity contribution < 1.29 is 22.7 Å². The van der Waals surface area contributed by atoms with E-state index in [1.54, 1.807) is 36.4 Å². The molecule has 0 saturated carbocycles. The summed E-state index contributed by atoms with van der Waals surface area (Å²) in [6.07, 6.45) is 2.76. The highest BCUT2D eigenvalue weighted by molar-refractivity contribution is 7.89. The van der Waals surface area contributed by atoms with Crippen molar-refractivity contribution in [2.45, 2.75) is 31.3 Å². The monoisotopic (exact) mass is 380 g/mol. The molecule has 0 spiro atoms. The lowest BCUT2D eigenvalue weighted by Gasteiger charge is -2.35. The summed E-state index contributed by atoms with van der Waals surface area (Å²) in [5.41, 5.74) is 0. The number of sulfonamides is 1. The Hall–Kier alpha value is -2.19. The van der Waals surface area contributed by atoms with E-state index in [4.69, 9.17) is 4.74 Å². The minimum absolute atomic E-state index is 0.208. The highest BCUT2D eigenvalue weighted by Gasteiger charge is 2.32. The molecule has 1 aromatic rings. The smallest absolute Gasteiger partial charge is 0.331 e. The third kappa shape index (κ3) is 4.92. The van der Waals surface area contributed by atoms with Gasteiger partial charge in [-0.1, -0.05) is 31.2 Å². The first kappa shape index (κ1) is 20.1. The largest absolute Gasteiger partial charge is 0.449 e. The topological polar surface area (TPSA) is 84.0 Å². The second kappa shape index (κ2) is 8.95. The maximum Gasteiger partial charge on any atom is 0.331 e. The number of rotatable bonds is 6. The third-order valence-electron chi connectivity index (χ3n) is 4.06. The van der Waals surface area contributed by atoms with Gasteiger partial charge in [-0.3, -0.25) is 4.79 Å². The second-order valence-electron chi connectivity index (χ2n) is 5.93. The number of esters is 1. The van der Waals surface area contributed by atoms with Gasteiger partial charge in [0.15, 0.2) is 6.10 Å². The van der Waals surface area contributed by atoms with Crippen molar-refractivity contribution in [3.05, 3.63) is 42.5 Å². The summed E-state index contributed by atoms with van der Waals surface area (Å²) in [6, 6.07) is 8.22. The predicted molar refractivity (Wildman–Crippen MR) is 96.8 cm³/mol. The number of piperazine rings is 1. The van der Waals surface area contributed by atoms with Gasteiger partial charge in [-0.25, -0.2) is 13.2 Å². The molecule has 7 nitrogen and oxygen atoms in total. The Morgan fingerprint density at radius 1 is 1.15 bits per heavy atom. The first-order valence-corrected chi connectivity index (χ1v) is 10.0. The molecule has 1 fully saturated rings. The van der Waals surface area contributed by atoms with Crippen molar-refractivity contribution >= 4 is 21.9 Å². The molecule has 0 aliphatic carbocycles. The van der Waals surface area contributed by atoms with Crippen LogP contribution in [0.3, 0.4) is 0 Å². The van der Waals surface area contributed by atoms with E-state index in [9.17, 15) is 18.0 Å². The molecule has 0 unspecified atom stereocenters. The average Bonchev–Trinajstić information content (AvgIpc) is 2.66. The van der Waals surface area contributed by atoms with E-state index >= 15 is 0 Å². The lowest BCUT2D eigenvalue weighted by molar-refractivity contribution is -0.155. The molecule has 1 atom stereocenters. The summed E-state index contributed by atoms with van der Waals surface area (Å²) < 4.78 is 31.6. The van der Waals surface area contributed by atoms with Gasteiger partial charge in [0.1, 0.15) is 0 Å². The van der Waals surface area contributed by atoms with Gasteiger partial charge in [-0.2, -0.15) is 4.31 Å². The Morgan fingerprint density at radius 2 is 1.77 bits per heavy atom. The standard InChI is InChI=1S/C18H24N2O5S/c1-3-4-10-17(21)25-15(2)18(22)19-11-13-20(14-12-19)26(23,24)16-8-6-5-7-9-16/h4-10,15H,3,11-14H2,1-2H3/b10-4+/t15-/m1/s1. The molecule has 1 aliphatic heterocycles. The van der Waals surface area contributed by atoms with E-state index in [2.05, 4.69) is 0 Å². The number of amides is 1. The van der Waals surface area contributed by atoms with Crippen LogP contribution in [-0.4, -0.2) is 61.8 Å². The molecule has 26 heavy (non-hydrogen) atoms. The molecular weight excluding hydrogens is 356 g/mol. The minimum atomic E-state index is -3.56. The second-order valence-corrected chi connectivity index (χ2v) is 7.87. The van der Waals surface area contributed by atoms with Crippen LogP contribution in [-0.2, 0) is 24.3 Å². The molecule has 8 heteroatoms. The number of hydrogen-bond donors (Lipinski definition) is 0. The molecule has 0 aromatic heterocycles. The van der Waals surface area contributed by atoms with Crippen LogP contribution >= 0.6 is 0 Å². The molecule has 142 valence electrons. The summed E-state index contributed by atoms with van der Waals surface area (Å²) in [7, 11) is -3.56. The minimum Gasteiger partial charge on any atom is -0.449 e. The van der Waals surface area contributed by atoms with Crippen LogP contribution in [0.25, 0.3) is 0 Å². The maximum atomic E-state index is 12.6. The normalized spacial score (nSPS) is 17.2. The molecule has 0 radical (unpaired) electrons. The summed E-state index contributed by atoms with van der Waals surface area (Å²) >= 11 is 0. The number of carbonyl (C=O) groups is 2. The molecular formula is C18H24N2O5S. The zero-order valence-electron chi connectivity index (χ0n) is 15.0. The number of ether oxygens (including phenoxy) is 1. The van der Waals surface area contributed by atoms with Crippen LogP contribution < -0.4 is 0 Å². The van der Waals surface area contributed by atoms with E-state index in [0.717, 1.165) is 0 Å². The fourth-order valence-electron chi connectivity index (χ4n) is 2.63. The van der Waals surface area contributed by atoms with Crippen molar-refractivity contribution in [2.24, 2.45) is 0 Å². The van der Waals surface area contributed by atoms with Crippen molar-refractivity contribution in [1.29, 1.82) is 0 Å². The van der Waals surface area contributed by atoms with Gasteiger partial charge >= 0.3 is 5.97 Å². The van der Waals surface area contributed by atoms with Crippen LogP contribution in [0.4, 0.5) is 0 Å². The Bertz CT molecular complexity index is 753. The van der Waals surface area contributed by atoms with Crippen LogP contribution in [0, 0.1) is 0 Å². The summed E-state index contributed by atoms with van der Waals surface area (Å²) in [5, 5.41) is 0. The molecule has 2 rings (SSSR count). The van der Waals surface area contributed by atoms with Crippen LogP contribution in [0.5, 0.6) is 0 Å². The van der Waals surface area contributed by atoms with Crippen molar-refractivity contribution in [2.75, 3.05) is 26.2 Å². The first-order chi connectivity index (χ1) is 12.4. The highest BCUT2D eigenvalue weighted by atomic mass is 32.2. The van der Waals surface area contributed by atoms with Crippen molar-refractivity contribution in [1.82, 2.24) is 9.21 Å². The number of carbonyl (C=O) groups excluding carboxylic acids is 2. The van der Waals surface area contributed by atoms with Gasteiger partial charge in [0, 0.05) is 32.3 Å². The lowest BCUT2D eigenvalue weighted by atomic mass is 10.3. The SMILES string of the molecule is CC/C=C/C(=O)O[C@H](C)C(=O)N1CCN(S(=O)(=O)c2ccccc2)CC1. The van der Waals surface area contributed by atoms with Crippen molar-refractivity contribution in [3.63, 3.8) is 0 Å². The van der Waals surface area contributed by atoms with Gasteiger partial charge in [0.25, 0.3) is 5.91 Å². The van der Waals surface area contributed by atoms with Gasteiger partial charge in [-0.05, 0) is 25.5 Å². The van der Waals surface area contributed by atoms with E-state index in [0.29, 0.717) is 6.42 Å². The van der Waals surface area contributed by atoms with Crippen molar-refractivity contribution in [3.8, 4) is 0 Å². The van der Waals surface area contributed by atoms with Gasteiger partial charge < -0.3 is 9.64 Å². The molecule has 0 N–H and O–H groups in total. The molecule has 1 aliphatic rings. The Morgan fingerprint density at radius 3 is 2.35 bits per heavy atom. The highest BCUT2D eigenvalue weighted by Crippen LogP contribution is 2.17. The van der Waals surface area contributed by atoms with Crippen LogP contribution in [0.15, 0.2) is 47.4 Å².